The van der Waals surface area contributed by atoms with Gasteiger partial charge in [-0.2, -0.15) is 0 Å². The summed E-state index contributed by atoms with van der Waals surface area (Å²) in [4.78, 5) is 12.3. The maximum absolute atomic E-state index is 12.3. The fourth-order valence-electron chi connectivity index (χ4n) is 3.07. The van der Waals surface area contributed by atoms with Gasteiger partial charge in [0, 0.05) is 23.4 Å². The summed E-state index contributed by atoms with van der Waals surface area (Å²) in [6.07, 6.45) is 0. The Bertz CT molecular complexity index is 1130. The third-order valence-corrected chi connectivity index (χ3v) is 5.88. The molecule has 1 amide bonds. The Morgan fingerprint density at radius 2 is 1.55 bits per heavy atom. The van der Waals surface area contributed by atoms with Gasteiger partial charge < -0.3 is 5.32 Å². The summed E-state index contributed by atoms with van der Waals surface area (Å²) in [5, 5.41) is 12.5. The average Bonchev–Trinajstić information content (AvgIpc) is 2.83. The molecular weight excluding hydrogens is 402 g/mol. The van der Waals surface area contributed by atoms with Crippen LogP contribution in [-0.2, 0) is 12.3 Å². The molecule has 1 aromatic heterocycles. The quantitative estimate of drug-likeness (QED) is 0.387. The third kappa shape index (κ3) is 5.80. The molecule has 0 aliphatic heterocycles. The minimum atomic E-state index is -0.0689. The van der Waals surface area contributed by atoms with Crippen molar-refractivity contribution in [3.8, 4) is 11.3 Å². The summed E-state index contributed by atoms with van der Waals surface area (Å²) < 4.78 is 0. The highest BCUT2D eigenvalue weighted by atomic mass is 32.2. The van der Waals surface area contributed by atoms with Crippen LogP contribution in [0, 0.1) is 6.92 Å². The van der Waals surface area contributed by atoms with Gasteiger partial charge in [-0.1, -0.05) is 84.1 Å². The van der Waals surface area contributed by atoms with E-state index in [0.717, 1.165) is 33.2 Å². The summed E-state index contributed by atoms with van der Waals surface area (Å²) in [5.74, 6) is 0.699. The zero-order valence-electron chi connectivity index (χ0n) is 17.3. The highest BCUT2D eigenvalue weighted by molar-refractivity contribution is 7.98. The van der Waals surface area contributed by atoms with Gasteiger partial charge in [-0.05, 0) is 42.3 Å². The van der Waals surface area contributed by atoms with E-state index in [1.807, 2.05) is 66.7 Å². The zero-order valence-corrected chi connectivity index (χ0v) is 18.1. The van der Waals surface area contributed by atoms with Crippen molar-refractivity contribution in [1.29, 1.82) is 0 Å². The summed E-state index contributed by atoms with van der Waals surface area (Å²) >= 11 is 1.63. The van der Waals surface area contributed by atoms with Crippen molar-refractivity contribution >= 4 is 17.7 Å². The van der Waals surface area contributed by atoms with E-state index in [0.29, 0.717) is 12.1 Å². The lowest BCUT2D eigenvalue weighted by Gasteiger charge is -2.07. The number of carbonyl (C=O) groups excluding carboxylic acids is 1. The van der Waals surface area contributed by atoms with Crippen LogP contribution in [0.5, 0.6) is 0 Å². The Morgan fingerprint density at radius 1 is 0.806 bits per heavy atom. The number of benzene rings is 3. The van der Waals surface area contributed by atoms with Crippen LogP contribution in [-0.4, -0.2) is 16.1 Å². The van der Waals surface area contributed by atoms with E-state index >= 15 is 0 Å². The van der Waals surface area contributed by atoms with E-state index in [1.165, 1.54) is 5.56 Å². The van der Waals surface area contributed by atoms with Crippen LogP contribution in [0.2, 0.25) is 0 Å². The van der Waals surface area contributed by atoms with Crippen molar-refractivity contribution in [2.45, 2.75) is 24.2 Å². The smallest absolute Gasteiger partial charge is 0.251 e. The predicted octanol–water partition coefficient (Wildman–Crippen LogP) is 5.67. The molecule has 5 heteroatoms. The summed E-state index contributed by atoms with van der Waals surface area (Å²) in [6, 6.07) is 29.9. The topological polar surface area (TPSA) is 54.9 Å². The molecule has 3 aromatic carbocycles. The second kappa shape index (κ2) is 10.0. The molecule has 1 heterocycles. The van der Waals surface area contributed by atoms with Gasteiger partial charge in [0.2, 0.25) is 0 Å². The van der Waals surface area contributed by atoms with Gasteiger partial charge in [0.25, 0.3) is 5.91 Å². The molecule has 0 saturated heterocycles. The van der Waals surface area contributed by atoms with Gasteiger partial charge >= 0.3 is 0 Å². The number of hydrogen-bond donors (Lipinski definition) is 1. The molecule has 0 aliphatic rings. The maximum atomic E-state index is 12.3. The predicted molar refractivity (Wildman–Crippen MR) is 126 cm³/mol. The van der Waals surface area contributed by atoms with Gasteiger partial charge in [-0.15, -0.1) is 10.2 Å². The van der Waals surface area contributed by atoms with Crippen LogP contribution in [0.1, 0.15) is 27.0 Å². The maximum Gasteiger partial charge on any atom is 0.251 e. The van der Waals surface area contributed by atoms with Crippen LogP contribution < -0.4 is 5.32 Å². The third-order valence-electron chi connectivity index (χ3n) is 4.89. The average molecular weight is 426 g/mol. The monoisotopic (exact) mass is 425 g/mol. The Morgan fingerprint density at radius 3 is 2.23 bits per heavy atom. The van der Waals surface area contributed by atoms with Crippen molar-refractivity contribution in [1.82, 2.24) is 15.5 Å². The first-order valence-electron chi connectivity index (χ1n) is 10.1. The summed E-state index contributed by atoms with van der Waals surface area (Å²) in [6.45, 7) is 2.59. The number of aryl methyl sites for hydroxylation is 1. The molecule has 1 N–H and O–H groups in total. The number of hydrogen-bond acceptors (Lipinski definition) is 4. The second-order valence-corrected chi connectivity index (χ2v) is 8.27. The lowest BCUT2D eigenvalue weighted by molar-refractivity contribution is 0.0951. The minimum absolute atomic E-state index is 0.0689. The van der Waals surface area contributed by atoms with Crippen LogP contribution in [0.25, 0.3) is 11.3 Å². The highest BCUT2D eigenvalue weighted by Crippen LogP contribution is 2.23. The van der Waals surface area contributed by atoms with E-state index in [1.54, 1.807) is 11.8 Å². The molecule has 4 aromatic rings. The molecule has 0 atom stereocenters. The Hall–Kier alpha value is -3.44. The van der Waals surface area contributed by atoms with Crippen molar-refractivity contribution < 1.29 is 4.79 Å². The lowest BCUT2D eigenvalue weighted by Crippen LogP contribution is -2.22. The largest absolute Gasteiger partial charge is 0.348 e. The molecule has 31 heavy (non-hydrogen) atoms. The fourth-order valence-corrected chi connectivity index (χ4v) is 3.84. The second-order valence-electron chi connectivity index (χ2n) is 7.28. The van der Waals surface area contributed by atoms with Gasteiger partial charge in [0.15, 0.2) is 0 Å². The number of aromatic nitrogens is 2. The molecule has 0 fully saturated rings. The van der Waals surface area contributed by atoms with Crippen molar-refractivity contribution in [3.05, 3.63) is 113 Å². The summed E-state index contributed by atoms with van der Waals surface area (Å²) in [5.41, 5.74) is 6.04. The number of carbonyl (C=O) groups is 1. The molecule has 0 unspecified atom stereocenters. The summed E-state index contributed by atoms with van der Waals surface area (Å²) in [7, 11) is 0. The van der Waals surface area contributed by atoms with Crippen LogP contribution >= 0.6 is 11.8 Å². The highest BCUT2D eigenvalue weighted by Gasteiger charge is 2.06. The number of nitrogens with zero attached hydrogens (tertiary/aromatic N) is 2. The first-order valence-corrected chi connectivity index (χ1v) is 11.1. The van der Waals surface area contributed by atoms with E-state index in [9.17, 15) is 4.79 Å². The number of nitrogens with one attached hydrogen (secondary N) is 1. The fraction of sp³-hybridized carbons (Fsp3) is 0.115. The van der Waals surface area contributed by atoms with E-state index < -0.39 is 0 Å². The molecule has 4 nitrogen and oxygen atoms in total. The molecule has 0 bridgehead atoms. The number of rotatable bonds is 7. The van der Waals surface area contributed by atoms with Gasteiger partial charge in [-0.25, -0.2) is 0 Å². The molecule has 154 valence electrons. The lowest BCUT2D eigenvalue weighted by atomic mass is 10.1. The Balaban J connectivity index is 1.30. The van der Waals surface area contributed by atoms with Gasteiger partial charge in [0.1, 0.15) is 5.03 Å². The van der Waals surface area contributed by atoms with E-state index in [4.69, 9.17) is 0 Å². The van der Waals surface area contributed by atoms with Crippen LogP contribution in [0.15, 0.2) is 96.0 Å². The van der Waals surface area contributed by atoms with Crippen molar-refractivity contribution in [3.63, 3.8) is 0 Å². The Kier molecular flexibility index (Phi) is 6.75. The molecular formula is C26H23N3OS. The van der Waals surface area contributed by atoms with E-state index in [2.05, 4.69) is 46.7 Å². The van der Waals surface area contributed by atoms with Crippen molar-refractivity contribution in [2.75, 3.05) is 0 Å². The zero-order chi connectivity index (χ0) is 21.5. The first kappa shape index (κ1) is 20.8. The van der Waals surface area contributed by atoms with Gasteiger partial charge in [0.05, 0.1) is 5.69 Å². The molecule has 0 spiro atoms. The van der Waals surface area contributed by atoms with Crippen LogP contribution in [0.3, 0.4) is 0 Å². The normalized spacial score (nSPS) is 10.6. The molecule has 0 aliphatic carbocycles. The minimum Gasteiger partial charge on any atom is -0.348 e. The van der Waals surface area contributed by atoms with Crippen molar-refractivity contribution in [2.24, 2.45) is 0 Å². The molecule has 4 rings (SSSR count). The molecule has 0 saturated carbocycles. The molecule has 0 radical (unpaired) electrons. The number of amides is 1. The SMILES string of the molecule is Cc1ccc(-c2ccc(SCc3ccc(C(=O)NCc4ccccc4)cc3)nn2)cc1. The standard InChI is InChI=1S/C26H23N3OS/c1-19-7-11-22(12-8-19)24-15-16-25(29-28-24)31-18-21-9-13-23(14-10-21)26(30)27-17-20-5-3-2-4-6-20/h2-16H,17-18H2,1H3,(H,27,30). The van der Waals surface area contributed by atoms with E-state index in [-0.39, 0.29) is 5.91 Å². The van der Waals surface area contributed by atoms with Crippen LogP contribution in [0.4, 0.5) is 0 Å². The Labute approximate surface area is 186 Å². The first-order chi connectivity index (χ1) is 15.2. The van der Waals surface area contributed by atoms with Gasteiger partial charge in [-0.3, -0.25) is 4.79 Å². The number of thioether (sulfide) groups is 1.